The first-order valence-electron chi connectivity index (χ1n) is 8.32. The van der Waals surface area contributed by atoms with Crippen molar-refractivity contribution >= 4 is 22.3 Å². The van der Waals surface area contributed by atoms with E-state index in [2.05, 4.69) is 0 Å². The second-order valence-corrected chi connectivity index (χ2v) is 7.31. The zero-order valence-corrected chi connectivity index (χ0v) is 15.9. The maximum atomic E-state index is 12.1. The molecule has 0 saturated heterocycles. The minimum absolute atomic E-state index is 0.0267. The summed E-state index contributed by atoms with van der Waals surface area (Å²) in [6, 6.07) is 14.7. The molecule has 2 rings (SSSR count). The lowest BCUT2D eigenvalue weighted by Crippen LogP contribution is -2.13. The van der Waals surface area contributed by atoms with Crippen molar-refractivity contribution in [2.45, 2.75) is 11.8 Å². The van der Waals surface area contributed by atoms with Gasteiger partial charge in [-0.3, -0.25) is 4.18 Å². The summed E-state index contributed by atoms with van der Waals surface area (Å²) in [6.45, 7) is 3.08. The zero-order valence-electron chi connectivity index (χ0n) is 15.1. The normalized spacial score (nSPS) is 11.9. The lowest BCUT2D eigenvalue weighted by molar-refractivity contribution is 0.0554. The summed E-state index contributed by atoms with van der Waals surface area (Å²) in [4.78, 5) is 0.127. The maximum absolute atomic E-state index is 12.1. The van der Waals surface area contributed by atoms with Crippen molar-refractivity contribution in [2.75, 3.05) is 33.5 Å². The van der Waals surface area contributed by atoms with Crippen LogP contribution in [-0.4, -0.2) is 42.0 Å². The van der Waals surface area contributed by atoms with E-state index in [4.69, 9.17) is 13.7 Å². The monoisotopic (exact) mass is 376 g/mol. The zero-order chi connectivity index (χ0) is 18.8. The van der Waals surface area contributed by atoms with Crippen LogP contribution in [0.2, 0.25) is 0 Å². The molecule has 0 aliphatic heterocycles. The largest absolute Gasteiger partial charge is 0.382 e. The third kappa shape index (κ3) is 6.72. The molecule has 26 heavy (non-hydrogen) atoms. The van der Waals surface area contributed by atoms with Crippen LogP contribution in [0.15, 0.2) is 53.4 Å². The lowest BCUT2D eigenvalue weighted by atomic mass is 10.1. The van der Waals surface area contributed by atoms with Crippen LogP contribution in [0.4, 0.5) is 0 Å². The Hall–Kier alpha value is -1.99. The van der Waals surface area contributed by atoms with E-state index in [1.807, 2.05) is 43.3 Å². The third-order valence-electron chi connectivity index (χ3n) is 3.61. The topological polar surface area (TPSA) is 61.8 Å². The van der Waals surface area contributed by atoms with E-state index >= 15 is 0 Å². The molecule has 140 valence electrons. The highest BCUT2D eigenvalue weighted by Crippen LogP contribution is 2.15. The number of hydrogen-bond acceptors (Lipinski definition) is 5. The van der Waals surface area contributed by atoms with Crippen LogP contribution >= 0.6 is 0 Å². The second-order valence-electron chi connectivity index (χ2n) is 5.69. The van der Waals surface area contributed by atoms with Crippen LogP contribution in [0, 0.1) is 6.92 Å². The van der Waals surface area contributed by atoms with Crippen LogP contribution in [0.3, 0.4) is 0 Å². The Bertz CT molecular complexity index is 793. The van der Waals surface area contributed by atoms with Gasteiger partial charge in [-0.1, -0.05) is 54.1 Å². The van der Waals surface area contributed by atoms with E-state index in [1.54, 1.807) is 19.2 Å². The molecular weight excluding hydrogens is 352 g/mol. The van der Waals surface area contributed by atoms with Gasteiger partial charge < -0.3 is 9.47 Å². The van der Waals surface area contributed by atoms with Crippen molar-refractivity contribution in [3.05, 3.63) is 65.2 Å². The molecule has 0 aliphatic rings. The standard InChI is InChI=1S/C20H24O5S/c1-17-3-5-18(6-4-17)7-8-19-9-11-20(12-10-19)26(21,22)25-16-15-24-14-13-23-2/h3-12H,13-16H2,1-2H3/b8-7+. The molecule has 0 saturated carbocycles. The predicted octanol–water partition coefficient (Wildman–Crippen LogP) is 3.53. The fourth-order valence-electron chi connectivity index (χ4n) is 2.13. The second kappa shape index (κ2) is 10.2. The molecule has 0 radical (unpaired) electrons. The van der Waals surface area contributed by atoms with Gasteiger partial charge in [0.15, 0.2) is 0 Å². The van der Waals surface area contributed by atoms with Gasteiger partial charge in [-0.15, -0.1) is 0 Å². The molecular formula is C20H24O5S. The highest BCUT2D eigenvalue weighted by atomic mass is 32.2. The maximum Gasteiger partial charge on any atom is 0.297 e. The summed E-state index contributed by atoms with van der Waals surface area (Å²) in [5.41, 5.74) is 3.21. The smallest absolute Gasteiger partial charge is 0.297 e. The van der Waals surface area contributed by atoms with Crippen molar-refractivity contribution in [1.29, 1.82) is 0 Å². The van der Waals surface area contributed by atoms with Crippen LogP contribution in [-0.2, 0) is 23.8 Å². The average Bonchev–Trinajstić information content (AvgIpc) is 2.64. The van der Waals surface area contributed by atoms with Crippen molar-refractivity contribution in [3.63, 3.8) is 0 Å². The number of aryl methyl sites for hydroxylation is 1. The Kier molecular flexibility index (Phi) is 8.00. The first kappa shape index (κ1) is 20.3. The van der Waals surface area contributed by atoms with Crippen LogP contribution in [0.25, 0.3) is 12.2 Å². The minimum Gasteiger partial charge on any atom is -0.382 e. The Labute approximate surface area is 155 Å². The number of hydrogen-bond donors (Lipinski definition) is 0. The summed E-state index contributed by atoms with van der Waals surface area (Å²) < 4.78 is 39.2. The van der Waals surface area contributed by atoms with Crippen LogP contribution in [0.1, 0.15) is 16.7 Å². The Morgan fingerprint density at radius 3 is 1.92 bits per heavy atom. The lowest BCUT2D eigenvalue weighted by Gasteiger charge is -2.07. The van der Waals surface area contributed by atoms with Gasteiger partial charge in [-0.2, -0.15) is 8.42 Å². The highest BCUT2D eigenvalue weighted by molar-refractivity contribution is 7.86. The molecule has 0 fully saturated rings. The Morgan fingerprint density at radius 1 is 0.808 bits per heavy atom. The number of methoxy groups -OCH3 is 1. The van der Waals surface area contributed by atoms with E-state index in [-0.39, 0.29) is 18.1 Å². The summed E-state index contributed by atoms with van der Waals surface area (Å²) in [5.74, 6) is 0. The molecule has 0 unspecified atom stereocenters. The molecule has 2 aromatic rings. The molecule has 0 heterocycles. The Morgan fingerprint density at radius 2 is 1.35 bits per heavy atom. The average molecular weight is 376 g/mol. The van der Waals surface area contributed by atoms with E-state index in [1.165, 1.54) is 17.7 Å². The van der Waals surface area contributed by atoms with Gasteiger partial charge >= 0.3 is 0 Å². The first-order valence-corrected chi connectivity index (χ1v) is 9.73. The molecule has 2 aromatic carbocycles. The van der Waals surface area contributed by atoms with E-state index in [0.717, 1.165) is 11.1 Å². The summed E-state index contributed by atoms with van der Waals surface area (Å²) in [5, 5.41) is 0. The number of rotatable bonds is 10. The number of benzene rings is 2. The predicted molar refractivity (Wildman–Crippen MR) is 102 cm³/mol. The fourth-order valence-corrected chi connectivity index (χ4v) is 3.02. The fraction of sp³-hybridized carbons (Fsp3) is 0.300. The minimum atomic E-state index is -3.78. The van der Waals surface area contributed by atoms with E-state index < -0.39 is 10.1 Å². The van der Waals surface area contributed by atoms with Gasteiger partial charge in [0.1, 0.15) is 0 Å². The van der Waals surface area contributed by atoms with Crippen molar-refractivity contribution in [2.24, 2.45) is 0 Å². The molecule has 5 nitrogen and oxygen atoms in total. The van der Waals surface area contributed by atoms with Gasteiger partial charge in [-0.25, -0.2) is 0 Å². The van der Waals surface area contributed by atoms with Gasteiger partial charge in [0.25, 0.3) is 10.1 Å². The highest BCUT2D eigenvalue weighted by Gasteiger charge is 2.14. The Balaban J connectivity index is 1.90. The van der Waals surface area contributed by atoms with Gasteiger partial charge in [0, 0.05) is 7.11 Å². The van der Waals surface area contributed by atoms with E-state index in [9.17, 15) is 8.42 Å². The van der Waals surface area contributed by atoms with Crippen molar-refractivity contribution in [3.8, 4) is 0 Å². The molecule has 0 aliphatic carbocycles. The molecule has 0 amide bonds. The van der Waals surface area contributed by atoms with E-state index in [0.29, 0.717) is 13.2 Å². The number of ether oxygens (including phenoxy) is 2. The summed E-state index contributed by atoms with van der Waals surface area (Å²) in [7, 11) is -2.20. The van der Waals surface area contributed by atoms with Crippen molar-refractivity contribution < 1.29 is 22.1 Å². The third-order valence-corrected chi connectivity index (χ3v) is 4.94. The summed E-state index contributed by atoms with van der Waals surface area (Å²) in [6.07, 6.45) is 3.92. The molecule has 0 spiro atoms. The quantitative estimate of drug-likeness (QED) is 0.361. The van der Waals surface area contributed by atoms with Gasteiger partial charge in [0.2, 0.25) is 0 Å². The molecule has 0 aromatic heterocycles. The molecule has 6 heteroatoms. The molecule has 0 N–H and O–H groups in total. The molecule has 0 bridgehead atoms. The van der Waals surface area contributed by atoms with Crippen LogP contribution < -0.4 is 0 Å². The molecule has 0 atom stereocenters. The van der Waals surface area contributed by atoms with Crippen molar-refractivity contribution in [1.82, 2.24) is 0 Å². The summed E-state index contributed by atoms with van der Waals surface area (Å²) >= 11 is 0. The van der Waals surface area contributed by atoms with Gasteiger partial charge in [-0.05, 0) is 30.2 Å². The van der Waals surface area contributed by atoms with Crippen LogP contribution in [0.5, 0.6) is 0 Å². The SMILES string of the molecule is COCCOCCOS(=O)(=O)c1ccc(/C=C/c2ccc(C)cc2)cc1. The first-order chi connectivity index (χ1) is 12.5. The van der Waals surface area contributed by atoms with Gasteiger partial charge in [0.05, 0.1) is 31.3 Å².